The number of carboxylic acids is 1. The Morgan fingerprint density at radius 3 is 2.29 bits per heavy atom. The van der Waals surface area contributed by atoms with Crippen molar-refractivity contribution in [3.63, 3.8) is 0 Å². The third kappa shape index (κ3) is 4.19. The number of hydrogen-bond acceptors (Lipinski definition) is 2. The Labute approximate surface area is 87.5 Å². The molecule has 0 unspecified atom stereocenters. The lowest BCUT2D eigenvalue weighted by molar-refractivity contribution is -0.143. The van der Waals surface area contributed by atoms with Crippen molar-refractivity contribution in [2.75, 3.05) is 19.6 Å². The van der Waals surface area contributed by atoms with Crippen LogP contribution in [0.1, 0.15) is 12.8 Å². The highest BCUT2D eigenvalue weighted by atomic mass is 35.5. The molecule has 0 spiro atoms. The number of rotatable bonds is 3. The number of likely N-dealkylation sites (tertiary alicyclic amines) is 1. The number of alkyl halides is 2. The normalized spacial score (nSPS) is 19.4. The maximum absolute atomic E-state index is 11.9. The Bertz CT molecular complexity index is 184. The van der Waals surface area contributed by atoms with E-state index in [-0.39, 0.29) is 24.9 Å². The fourth-order valence-corrected chi connectivity index (χ4v) is 1.56. The Morgan fingerprint density at radius 1 is 1.43 bits per heavy atom. The van der Waals surface area contributed by atoms with E-state index in [1.54, 1.807) is 4.90 Å². The van der Waals surface area contributed by atoms with Gasteiger partial charge in [-0.25, -0.2) is 8.78 Å². The van der Waals surface area contributed by atoms with Crippen LogP contribution in [0.3, 0.4) is 0 Å². The van der Waals surface area contributed by atoms with E-state index in [9.17, 15) is 13.6 Å². The maximum Gasteiger partial charge on any atom is 0.306 e. The van der Waals surface area contributed by atoms with Crippen molar-refractivity contribution < 1.29 is 18.7 Å². The van der Waals surface area contributed by atoms with Crippen molar-refractivity contribution in [2.24, 2.45) is 5.92 Å². The smallest absolute Gasteiger partial charge is 0.306 e. The van der Waals surface area contributed by atoms with Gasteiger partial charge < -0.3 is 5.11 Å². The first-order chi connectivity index (χ1) is 6.09. The molecule has 1 aliphatic rings. The molecule has 0 aromatic rings. The standard InChI is InChI=1S/C8H13F2NO2.ClH/c9-7(10)5-11-3-1-6(2-4-11)8(12)13;/h6-7H,1-5H2,(H,12,13);1H. The molecule has 0 amide bonds. The number of carbonyl (C=O) groups is 1. The number of piperidine rings is 1. The van der Waals surface area contributed by atoms with Crippen LogP contribution in [-0.2, 0) is 4.79 Å². The van der Waals surface area contributed by atoms with Gasteiger partial charge in [0.2, 0.25) is 0 Å². The summed E-state index contributed by atoms with van der Waals surface area (Å²) in [5.74, 6) is -1.15. The summed E-state index contributed by atoms with van der Waals surface area (Å²) in [5, 5.41) is 8.64. The van der Waals surface area contributed by atoms with Crippen molar-refractivity contribution in [1.82, 2.24) is 4.90 Å². The Morgan fingerprint density at radius 2 is 1.93 bits per heavy atom. The van der Waals surface area contributed by atoms with Gasteiger partial charge >= 0.3 is 5.97 Å². The third-order valence-electron chi connectivity index (χ3n) is 2.33. The lowest BCUT2D eigenvalue weighted by Crippen LogP contribution is -2.38. The summed E-state index contributed by atoms with van der Waals surface area (Å²) in [6.07, 6.45) is -1.34. The third-order valence-corrected chi connectivity index (χ3v) is 2.33. The summed E-state index contributed by atoms with van der Waals surface area (Å²) in [7, 11) is 0. The molecule has 3 nitrogen and oxygen atoms in total. The zero-order valence-corrected chi connectivity index (χ0v) is 8.47. The second-order valence-corrected chi connectivity index (χ2v) is 3.30. The van der Waals surface area contributed by atoms with Crippen molar-refractivity contribution in [2.45, 2.75) is 19.3 Å². The van der Waals surface area contributed by atoms with E-state index in [1.807, 2.05) is 0 Å². The Hall–Kier alpha value is -0.420. The average molecular weight is 230 g/mol. The van der Waals surface area contributed by atoms with E-state index < -0.39 is 12.4 Å². The van der Waals surface area contributed by atoms with Crippen molar-refractivity contribution >= 4 is 18.4 Å². The lowest BCUT2D eigenvalue weighted by Gasteiger charge is -2.29. The molecular weight excluding hydrogens is 216 g/mol. The van der Waals surface area contributed by atoms with Crippen molar-refractivity contribution in [3.8, 4) is 0 Å². The predicted molar refractivity (Wildman–Crippen MR) is 50.1 cm³/mol. The fourth-order valence-electron chi connectivity index (χ4n) is 1.56. The van der Waals surface area contributed by atoms with Crippen LogP contribution in [0.25, 0.3) is 0 Å². The van der Waals surface area contributed by atoms with E-state index in [0.717, 1.165) is 0 Å². The number of nitrogens with zero attached hydrogens (tertiary/aromatic N) is 1. The van der Waals surface area contributed by atoms with Gasteiger partial charge in [0.1, 0.15) is 0 Å². The average Bonchev–Trinajstić information content (AvgIpc) is 2.04. The van der Waals surface area contributed by atoms with Gasteiger partial charge in [-0.3, -0.25) is 9.69 Å². The number of halogens is 3. The summed E-state index contributed by atoms with van der Waals surface area (Å²) in [6, 6.07) is 0. The molecule has 0 aromatic heterocycles. The molecule has 0 bridgehead atoms. The monoisotopic (exact) mass is 229 g/mol. The number of hydrogen-bond donors (Lipinski definition) is 1. The highest BCUT2D eigenvalue weighted by Crippen LogP contribution is 2.17. The zero-order chi connectivity index (χ0) is 9.84. The summed E-state index contributed by atoms with van der Waals surface area (Å²) < 4.78 is 23.8. The quantitative estimate of drug-likeness (QED) is 0.797. The lowest BCUT2D eigenvalue weighted by atomic mass is 9.97. The Balaban J connectivity index is 0.00000169. The minimum atomic E-state index is -2.32. The highest BCUT2D eigenvalue weighted by Gasteiger charge is 2.25. The van der Waals surface area contributed by atoms with E-state index in [2.05, 4.69) is 0 Å². The van der Waals surface area contributed by atoms with E-state index in [4.69, 9.17) is 5.11 Å². The summed E-state index contributed by atoms with van der Waals surface area (Å²) in [5.41, 5.74) is 0. The molecule has 1 rings (SSSR count). The van der Waals surface area contributed by atoms with Crippen LogP contribution in [0.2, 0.25) is 0 Å². The first-order valence-electron chi connectivity index (χ1n) is 4.33. The second-order valence-electron chi connectivity index (χ2n) is 3.30. The van der Waals surface area contributed by atoms with Gasteiger partial charge in [0, 0.05) is 0 Å². The van der Waals surface area contributed by atoms with E-state index in [1.165, 1.54) is 0 Å². The van der Waals surface area contributed by atoms with Crippen molar-refractivity contribution in [3.05, 3.63) is 0 Å². The maximum atomic E-state index is 11.9. The van der Waals surface area contributed by atoms with Gasteiger partial charge in [-0.2, -0.15) is 0 Å². The fraction of sp³-hybridized carbons (Fsp3) is 0.875. The van der Waals surface area contributed by atoms with Crippen LogP contribution in [0.5, 0.6) is 0 Å². The summed E-state index contributed by atoms with van der Waals surface area (Å²) >= 11 is 0. The largest absolute Gasteiger partial charge is 0.481 e. The van der Waals surface area contributed by atoms with Crippen molar-refractivity contribution in [1.29, 1.82) is 0 Å². The van der Waals surface area contributed by atoms with Gasteiger partial charge in [-0.05, 0) is 25.9 Å². The topological polar surface area (TPSA) is 40.5 Å². The van der Waals surface area contributed by atoms with Crippen LogP contribution in [0.4, 0.5) is 8.78 Å². The molecule has 0 saturated carbocycles. The predicted octanol–water partition coefficient (Wildman–Crippen LogP) is 1.47. The number of carboxylic acid groups (broad SMARTS) is 1. The van der Waals surface area contributed by atoms with Crippen LogP contribution in [0, 0.1) is 5.92 Å². The molecule has 0 atom stereocenters. The molecule has 1 aliphatic heterocycles. The van der Waals surface area contributed by atoms with Gasteiger partial charge in [0.05, 0.1) is 12.5 Å². The van der Waals surface area contributed by atoms with Crippen LogP contribution in [-0.4, -0.2) is 42.0 Å². The van der Waals surface area contributed by atoms with E-state index in [0.29, 0.717) is 25.9 Å². The van der Waals surface area contributed by atoms with Gasteiger partial charge in [-0.1, -0.05) is 0 Å². The van der Waals surface area contributed by atoms with Crippen LogP contribution >= 0.6 is 12.4 Å². The second kappa shape index (κ2) is 6.14. The molecule has 1 fully saturated rings. The zero-order valence-electron chi connectivity index (χ0n) is 7.66. The first kappa shape index (κ1) is 13.6. The molecule has 1 N–H and O–H groups in total. The molecule has 6 heteroatoms. The molecule has 1 heterocycles. The van der Waals surface area contributed by atoms with Gasteiger partial charge in [0.25, 0.3) is 6.43 Å². The van der Waals surface area contributed by atoms with Gasteiger partial charge in [-0.15, -0.1) is 12.4 Å². The SMILES string of the molecule is Cl.O=C(O)C1CCN(CC(F)F)CC1. The molecule has 14 heavy (non-hydrogen) atoms. The summed E-state index contributed by atoms with van der Waals surface area (Å²) in [4.78, 5) is 12.1. The summed E-state index contributed by atoms with van der Waals surface area (Å²) in [6.45, 7) is 0.717. The highest BCUT2D eigenvalue weighted by molar-refractivity contribution is 5.85. The van der Waals surface area contributed by atoms with Crippen LogP contribution in [0.15, 0.2) is 0 Å². The minimum absolute atomic E-state index is 0. The molecule has 0 aliphatic carbocycles. The first-order valence-corrected chi connectivity index (χ1v) is 4.33. The molecule has 0 radical (unpaired) electrons. The van der Waals surface area contributed by atoms with Gasteiger partial charge in [0.15, 0.2) is 0 Å². The minimum Gasteiger partial charge on any atom is -0.481 e. The molecule has 84 valence electrons. The van der Waals surface area contributed by atoms with Crippen LogP contribution < -0.4 is 0 Å². The van der Waals surface area contributed by atoms with E-state index >= 15 is 0 Å². The molecule has 1 saturated heterocycles. The Kier molecular flexibility index (Phi) is 5.95. The molecular formula is C8H14ClF2NO2. The molecule has 0 aromatic carbocycles. The number of aliphatic carboxylic acids is 1.